The van der Waals surface area contributed by atoms with Crippen molar-refractivity contribution >= 4 is 22.9 Å². The molecule has 1 amide bonds. The number of fused-ring (bicyclic) bond motifs is 1. The number of terminal acetylenes is 2. The number of aromatic amines is 1. The van der Waals surface area contributed by atoms with Crippen molar-refractivity contribution in [1.82, 2.24) is 19.4 Å². The average Bonchev–Trinajstić information content (AvgIpc) is 3.78. The Labute approximate surface area is 332 Å². The van der Waals surface area contributed by atoms with Crippen LogP contribution in [0.5, 0.6) is 11.5 Å². The molecule has 5 aromatic rings. The number of rotatable bonds is 14. The first kappa shape index (κ1) is 40.3. The summed E-state index contributed by atoms with van der Waals surface area (Å²) in [6.07, 6.45) is 10.3. The second-order valence-electron chi connectivity index (χ2n) is 13.8. The Hall–Kier alpha value is -6.33. The number of carbonyl (C=O) groups is 1. The molecule has 0 unspecified atom stereocenters. The number of hydrogen-bond donors (Lipinski definition) is 3. The van der Waals surface area contributed by atoms with Crippen LogP contribution in [0.15, 0.2) is 89.9 Å². The van der Waals surface area contributed by atoms with Gasteiger partial charge in [0.1, 0.15) is 29.4 Å². The number of methoxy groups -OCH3 is 2. The molecule has 0 aliphatic carbocycles. The highest BCUT2D eigenvalue weighted by Crippen LogP contribution is 2.43. The number of hydrogen-bond acceptors (Lipinski definition) is 9. The van der Waals surface area contributed by atoms with Crippen LogP contribution in [0, 0.1) is 42.4 Å². The van der Waals surface area contributed by atoms with Gasteiger partial charge in [-0.3, -0.25) is 24.8 Å². The molecule has 1 fully saturated rings. The van der Waals surface area contributed by atoms with Gasteiger partial charge >= 0.3 is 0 Å². The van der Waals surface area contributed by atoms with Crippen LogP contribution in [0.4, 0.5) is 5.95 Å². The number of amides is 1. The largest absolute Gasteiger partial charge is 0.497 e. The number of aliphatic hydroxyl groups excluding tert-OH is 1. The summed E-state index contributed by atoms with van der Waals surface area (Å²) in [4.78, 5) is 35.3. The van der Waals surface area contributed by atoms with E-state index in [1.165, 1.54) is 0 Å². The molecule has 57 heavy (non-hydrogen) atoms. The highest BCUT2D eigenvalue weighted by molar-refractivity contribution is 5.92. The molecule has 3 heterocycles. The summed E-state index contributed by atoms with van der Waals surface area (Å²) >= 11 is 0. The predicted octanol–water partition coefficient (Wildman–Crippen LogP) is 4.91. The molecule has 1 aliphatic rings. The number of H-pyrrole nitrogens is 1. The lowest BCUT2D eigenvalue weighted by Gasteiger charge is -2.37. The number of aromatic nitrogens is 3. The zero-order chi connectivity index (χ0) is 40.5. The summed E-state index contributed by atoms with van der Waals surface area (Å²) in [5, 5.41) is 14.5. The van der Waals surface area contributed by atoms with E-state index in [4.69, 9.17) is 31.8 Å². The highest BCUT2D eigenvalue weighted by Gasteiger charge is 2.42. The standard InChI is InChI=1S/C45H45N5O7/c1-7-24-49(25-8-2)26-12-13-31-28-50(41-40(31)43(53)48-44(46-41)47-42(52)30(3)4)39-27-37(51)38(57-39)29-56-45(32-14-10-9-11-15-32,33-16-20-35(54-5)21-17-33)34-18-22-36(55-6)23-19-34/h1-2,9-11,14-23,28,30,37-39,51H,24-27,29H2,3-6H3,(H2,46,47,48,52,53)/t37-,38+,39+/m0/s1. The van der Waals surface area contributed by atoms with Gasteiger partial charge in [0.2, 0.25) is 11.9 Å². The van der Waals surface area contributed by atoms with Crippen molar-refractivity contribution in [2.45, 2.75) is 44.3 Å². The van der Waals surface area contributed by atoms with E-state index >= 15 is 0 Å². The number of ether oxygens (including phenoxy) is 4. The van der Waals surface area contributed by atoms with Crippen molar-refractivity contribution in [3.8, 4) is 48.0 Å². The van der Waals surface area contributed by atoms with Crippen LogP contribution in [-0.4, -0.2) is 83.1 Å². The Morgan fingerprint density at radius 3 is 2.14 bits per heavy atom. The quantitative estimate of drug-likeness (QED) is 0.106. The summed E-state index contributed by atoms with van der Waals surface area (Å²) < 4.78 is 26.2. The number of anilines is 1. The van der Waals surface area contributed by atoms with Crippen LogP contribution < -0.4 is 20.3 Å². The fraction of sp³-hybridized carbons (Fsp3) is 0.311. The lowest BCUT2D eigenvalue weighted by molar-refractivity contribution is -0.118. The van der Waals surface area contributed by atoms with Crippen molar-refractivity contribution < 1.29 is 28.8 Å². The molecule has 12 heteroatoms. The van der Waals surface area contributed by atoms with Gasteiger partial charge < -0.3 is 28.6 Å². The van der Waals surface area contributed by atoms with Crippen molar-refractivity contribution in [3.05, 3.63) is 118 Å². The Morgan fingerprint density at radius 2 is 1.58 bits per heavy atom. The first-order valence-corrected chi connectivity index (χ1v) is 18.5. The molecule has 2 aromatic heterocycles. The Kier molecular flexibility index (Phi) is 12.8. The number of carbonyl (C=O) groups excluding carboxylic acids is 1. The molecule has 1 saturated heterocycles. The minimum Gasteiger partial charge on any atom is -0.497 e. The average molecular weight is 768 g/mol. The summed E-state index contributed by atoms with van der Waals surface area (Å²) in [6, 6.07) is 25.2. The smallest absolute Gasteiger partial charge is 0.263 e. The van der Waals surface area contributed by atoms with E-state index in [2.05, 4.69) is 39.0 Å². The maximum Gasteiger partial charge on any atom is 0.263 e. The third-order valence-electron chi connectivity index (χ3n) is 9.76. The van der Waals surface area contributed by atoms with Crippen molar-refractivity contribution in [2.75, 3.05) is 45.8 Å². The van der Waals surface area contributed by atoms with Crippen LogP contribution in [0.25, 0.3) is 11.0 Å². The highest BCUT2D eigenvalue weighted by atomic mass is 16.6. The van der Waals surface area contributed by atoms with Gasteiger partial charge in [-0.25, -0.2) is 0 Å². The van der Waals surface area contributed by atoms with E-state index in [-0.39, 0.29) is 48.4 Å². The normalized spacial score (nSPS) is 16.5. The van der Waals surface area contributed by atoms with E-state index in [0.717, 1.165) is 16.7 Å². The second-order valence-corrected chi connectivity index (χ2v) is 13.8. The van der Waals surface area contributed by atoms with Gasteiger partial charge in [0.05, 0.1) is 57.5 Å². The summed E-state index contributed by atoms with van der Waals surface area (Å²) in [5.74, 6) is 12.0. The lowest BCUT2D eigenvalue weighted by Crippen LogP contribution is -2.38. The van der Waals surface area contributed by atoms with Crippen molar-refractivity contribution in [3.63, 3.8) is 0 Å². The minimum absolute atomic E-state index is 0.0238. The predicted molar refractivity (Wildman–Crippen MR) is 218 cm³/mol. The second kappa shape index (κ2) is 18.1. The van der Waals surface area contributed by atoms with Gasteiger partial charge in [-0.2, -0.15) is 4.98 Å². The Morgan fingerprint density at radius 1 is 0.982 bits per heavy atom. The van der Waals surface area contributed by atoms with Crippen LogP contribution in [0.1, 0.15) is 48.8 Å². The van der Waals surface area contributed by atoms with Gasteiger partial charge in [0.15, 0.2) is 5.65 Å². The van der Waals surface area contributed by atoms with E-state index in [1.807, 2.05) is 83.8 Å². The lowest BCUT2D eigenvalue weighted by atomic mass is 9.80. The zero-order valence-electron chi connectivity index (χ0n) is 32.3. The molecule has 1 aliphatic heterocycles. The van der Waals surface area contributed by atoms with Gasteiger partial charge in [-0.15, -0.1) is 12.8 Å². The van der Waals surface area contributed by atoms with Gasteiger partial charge in [-0.05, 0) is 41.0 Å². The van der Waals surface area contributed by atoms with Crippen LogP contribution in [0.2, 0.25) is 0 Å². The molecular weight excluding hydrogens is 723 g/mol. The Balaban J connectivity index is 1.37. The van der Waals surface area contributed by atoms with Crippen molar-refractivity contribution in [2.24, 2.45) is 5.92 Å². The zero-order valence-corrected chi connectivity index (χ0v) is 32.3. The molecule has 0 spiro atoms. The topological polar surface area (TPSA) is 140 Å². The minimum atomic E-state index is -1.14. The first-order chi connectivity index (χ1) is 27.6. The molecule has 292 valence electrons. The van der Waals surface area contributed by atoms with Crippen LogP contribution >= 0.6 is 0 Å². The fourth-order valence-electron chi connectivity index (χ4n) is 6.78. The third kappa shape index (κ3) is 8.74. The van der Waals surface area contributed by atoms with E-state index < -0.39 is 29.6 Å². The Bertz CT molecular complexity index is 2320. The molecule has 6 rings (SSSR count). The van der Waals surface area contributed by atoms with E-state index in [0.29, 0.717) is 30.2 Å². The van der Waals surface area contributed by atoms with E-state index in [1.54, 1.807) is 38.8 Å². The van der Waals surface area contributed by atoms with E-state index in [9.17, 15) is 14.7 Å². The third-order valence-corrected chi connectivity index (χ3v) is 9.76. The maximum atomic E-state index is 13.6. The fourth-order valence-corrected chi connectivity index (χ4v) is 6.78. The number of nitrogens with zero attached hydrogens (tertiary/aromatic N) is 3. The monoisotopic (exact) mass is 767 g/mol. The molecule has 3 atom stereocenters. The van der Waals surface area contributed by atoms with Gasteiger partial charge in [0, 0.05) is 18.5 Å². The maximum absolute atomic E-state index is 13.6. The summed E-state index contributed by atoms with van der Waals surface area (Å²) in [7, 11) is 3.23. The summed E-state index contributed by atoms with van der Waals surface area (Å²) in [6.45, 7) is 4.32. The molecule has 0 bridgehead atoms. The molecule has 0 saturated carbocycles. The summed E-state index contributed by atoms with van der Waals surface area (Å²) in [5.41, 5.74) is 1.45. The number of benzene rings is 3. The number of aliphatic hydroxyl groups is 1. The molecule has 12 nitrogen and oxygen atoms in total. The SMILES string of the molecule is C#CCN(CC#C)CC#Cc1cn([C@H]2C[C@H](O)[C@@H](COC(c3ccccc3)(c3ccc(OC)cc3)c3ccc(OC)cc3)O2)c2nc(NC(=O)C(C)C)[nH]c(=O)c12. The molecule has 3 aromatic carbocycles. The molecule has 0 radical (unpaired) electrons. The molecular formula is C45H45N5O7. The van der Waals surface area contributed by atoms with Gasteiger partial charge in [0.25, 0.3) is 5.56 Å². The van der Waals surface area contributed by atoms with Crippen LogP contribution in [0.3, 0.4) is 0 Å². The number of nitrogens with one attached hydrogen (secondary N) is 2. The van der Waals surface area contributed by atoms with Gasteiger partial charge in [-0.1, -0.05) is 92.1 Å². The molecule has 3 N–H and O–H groups in total. The van der Waals surface area contributed by atoms with Crippen LogP contribution in [-0.2, 0) is 19.9 Å². The first-order valence-electron chi connectivity index (χ1n) is 18.5. The van der Waals surface area contributed by atoms with Crippen molar-refractivity contribution in [1.29, 1.82) is 0 Å².